The second kappa shape index (κ2) is 6.00. The number of nitrogens with zero attached hydrogens (tertiary/aromatic N) is 1. The Morgan fingerprint density at radius 2 is 1.75 bits per heavy atom. The minimum Gasteiger partial charge on any atom is -0.548 e. The normalized spacial score (nSPS) is 15.5. The maximum absolute atomic E-state index is 12.6. The van der Waals surface area contributed by atoms with Gasteiger partial charge < -0.3 is 15.0 Å². The average molecular weight is 322 g/mol. The summed E-state index contributed by atoms with van der Waals surface area (Å²) in [5.74, 6) is -2.88. The number of rotatable bonds is 3. The molecule has 1 aliphatic rings. The van der Waals surface area contributed by atoms with Crippen molar-refractivity contribution in [3.63, 3.8) is 0 Å². The third kappa shape index (κ3) is 2.77. The quantitative estimate of drug-likeness (QED) is 0.661. The lowest BCUT2D eigenvalue weighted by Crippen LogP contribution is -2.47. The zero-order chi connectivity index (χ0) is 17.3. The maximum atomic E-state index is 12.6. The second-order valence-electron chi connectivity index (χ2n) is 5.27. The predicted octanol–water partition coefficient (Wildman–Crippen LogP) is 0.665. The van der Waals surface area contributed by atoms with Crippen molar-refractivity contribution in [1.82, 2.24) is 4.90 Å². The molecule has 0 atom stereocenters. The van der Waals surface area contributed by atoms with Gasteiger partial charge in [-0.05, 0) is 35.4 Å². The van der Waals surface area contributed by atoms with Crippen LogP contribution in [0.2, 0.25) is 0 Å². The Labute approximate surface area is 137 Å². The molecule has 6 nitrogen and oxygen atoms in total. The number of imide groups is 1. The number of hydrogen-bond acceptors (Lipinski definition) is 5. The summed E-state index contributed by atoms with van der Waals surface area (Å²) in [6, 6.07) is 12.7. The lowest BCUT2D eigenvalue weighted by molar-refractivity contribution is -0.305. The number of fused-ring (bicyclic) bond motifs is 1. The number of benzene rings is 2. The summed E-state index contributed by atoms with van der Waals surface area (Å²) in [4.78, 5) is 36.5. The van der Waals surface area contributed by atoms with Crippen molar-refractivity contribution in [2.24, 2.45) is 0 Å². The Morgan fingerprint density at radius 1 is 1.04 bits per heavy atom. The summed E-state index contributed by atoms with van der Waals surface area (Å²) in [6.07, 6.45) is 1.51. The zero-order valence-corrected chi connectivity index (χ0v) is 12.4. The highest BCUT2D eigenvalue weighted by molar-refractivity contribution is 6.34. The van der Waals surface area contributed by atoms with E-state index in [2.05, 4.69) is 0 Å². The molecule has 1 N–H and O–H groups in total. The molecule has 1 aliphatic heterocycles. The van der Waals surface area contributed by atoms with Gasteiger partial charge in [-0.2, -0.15) is 0 Å². The third-order valence-corrected chi connectivity index (χ3v) is 3.64. The van der Waals surface area contributed by atoms with Crippen molar-refractivity contribution in [1.29, 1.82) is 0 Å². The Hall–Kier alpha value is -3.41. The van der Waals surface area contributed by atoms with Gasteiger partial charge in [-0.1, -0.05) is 30.3 Å². The smallest absolute Gasteiger partial charge is 0.261 e. The first-order chi connectivity index (χ1) is 11.5. The van der Waals surface area contributed by atoms with E-state index in [-0.39, 0.29) is 16.9 Å². The number of carboxylic acids is 1. The number of aromatic hydroxyl groups is 1. The zero-order valence-electron chi connectivity index (χ0n) is 12.4. The highest BCUT2D eigenvalue weighted by atomic mass is 16.4. The molecule has 0 fully saturated rings. The number of carboxylic acid groups (broad SMARTS) is 1. The van der Waals surface area contributed by atoms with E-state index in [0.29, 0.717) is 16.0 Å². The molecule has 6 heteroatoms. The van der Waals surface area contributed by atoms with Gasteiger partial charge in [0.25, 0.3) is 11.8 Å². The van der Waals surface area contributed by atoms with E-state index < -0.39 is 24.3 Å². The molecule has 0 spiro atoms. The van der Waals surface area contributed by atoms with Gasteiger partial charge in [-0.3, -0.25) is 14.5 Å². The number of phenols is 1. The molecule has 120 valence electrons. The Bertz CT molecular complexity index is 884. The second-order valence-corrected chi connectivity index (χ2v) is 5.27. The number of amides is 2. The molecule has 0 saturated heterocycles. The third-order valence-electron chi connectivity index (χ3n) is 3.64. The molecule has 1 heterocycles. The van der Waals surface area contributed by atoms with Crippen LogP contribution < -0.4 is 5.11 Å². The standard InChI is InChI=1S/C18H13NO5/c20-12-5-3-4-11(8-12)9-15-13-6-1-2-7-14(13)17(23)19(18(15)24)10-16(21)22/h1-9,20H,10H2,(H,21,22)/p-1/b15-9-. The van der Waals surface area contributed by atoms with Gasteiger partial charge in [0.05, 0.1) is 12.5 Å². The summed E-state index contributed by atoms with van der Waals surface area (Å²) in [5, 5.41) is 20.4. The minimum absolute atomic E-state index is 0.0311. The van der Waals surface area contributed by atoms with Gasteiger partial charge in [0.2, 0.25) is 0 Å². The molecule has 0 saturated carbocycles. The van der Waals surface area contributed by atoms with Gasteiger partial charge in [-0.15, -0.1) is 0 Å². The monoisotopic (exact) mass is 322 g/mol. The van der Waals surface area contributed by atoms with Crippen molar-refractivity contribution in [3.05, 3.63) is 65.2 Å². The summed E-state index contributed by atoms with van der Waals surface area (Å²) in [6.45, 7) is -0.816. The Balaban J connectivity index is 2.16. The molecule has 2 aromatic rings. The van der Waals surface area contributed by atoms with E-state index in [1.54, 1.807) is 30.3 Å². The first kappa shape index (κ1) is 15.5. The summed E-state index contributed by atoms with van der Waals surface area (Å²) in [5.41, 5.74) is 1.39. The summed E-state index contributed by atoms with van der Waals surface area (Å²) < 4.78 is 0. The molecule has 0 aromatic heterocycles. The van der Waals surface area contributed by atoms with Gasteiger partial charge >= 0.3 is 0 Å². The van der Waals surface area contributed by atoms with Crippen LogP contribution in [0.15, 0.2) is 48.5 Å². The molecule has 0 unspecified atom stereocenters. The van der Waals surface area contributed by atoms with E-state index in [1.165, 1.54) is 24.3 Å². The highest BCUT2D eigenvalue weighted by Gasteiger charge is 2.34. The molecule has 3 rings (SSSR count). The van der Waals surface area contributed by atoms with Crippen LogP contribution in [0, 0.1) is 0 Å². The molecule has 24 heavy (non-hydrogen) atoms. The van der Waals surface area contributed by atoms with Crippen LogP contribution in [0.4, 0.5) is 0 Å². The fraction of sp³-hybridized carbons (Fsp3) is 0.0556. The Kier molecular flexibility index (Phi) is 3.87. The molecule has 0 bridgehead atoms. The number of carbonyl (C=O) groups excluding carboxylic acids is 3. The summed E-state index contributed by atoms with van der Waals surface area (Å²) >= 11 is 0. The van der Waals surface area contributed by atoms with Gasteiger partial charge in [-0.25, -0.2) is 0 Å². The van der Waals surface area contributed by atoms with Crippen LogP contribution >= 0.6 is 0 Å². The van der Waals surface area contributed by atoms with Gasteiger partial charge in [0, 0.05) is 11.1 Å². The topological polar surface area (TPSA) is 97.7 Å². The van der Waals surface area contributed by atoms with Gasteiger partial charge in [0.1, 0.15) is 5.75 Å². The number of aliphatic carboxylic acids is 1. The van der Waals surface area contributed by atoms with Crippen LogP contribution in [-0.4, -0.2) is 34.3 Å². The maximum Gasteiger partial charge on any atom is 0.261 e. The van der Waals surface area contributed by atoms with Crippen LogP contribution in [-0.2, 0) is 9.59 Å². The molecular formula is C18H12NO5-. The molecular weight excluding hydrogens is 310 g/mol. The van der Waals surface area contributed by atoms with E-state index >= 15 is 0 Å². The first-order valence-corrected chi connectivity index (χ1v) is 7.13. The van der Waals surface area contributed by atoms with Crippen LogP contribution in [0.25, 0.3) is 11.6 Å². The highest BCUT2D eigenvalue weighted by Crippen LogP contribution is 2.30. The lowest BCUT2D eigenvalue weighted by atomic mass is 9.92. The lowest BCUT2D eigenvalue weighted by Gasteiger charge is -2.28. The molecule has 2 amide bonds. The van der Waals surface area contributed by atoms with Crippen molar-refractivity contribution >= 4 is 29.4 Å². The van der Waals surface area contributed by atoms with Gasteiger partial charge in [0.15, 0.2) is 0 Å². The van der Waals surface area contributed by atoms with Crippen LogP contribution in [0.3, 0.4) is 0 Å². The van der Waals surface area contributed by atoms with Crippen molar-refractivity contribution in [2.45, 2.75) is 0 Å². The molecule has 0 aliphatic carbocycles. The van der Waals surface area contributed by atoms with E-state index in [1.807, 2.05) is 0 Å². The molecule has 2 aromatic carbocycles. The average Bonchev–Trinajstić information content (AvgIpc) is 2.55. The van der Waals surface area contributed by atoms with Crippen molar-refractivity contribution < 1.29 is 24.6 Å². The van der Waals surface area contributed by atoms with Crippen molar-refractivity contribution in [3.8, 4) is 5.75 Å². The number of hydrogen-bond donors (Lipinski definition) is 1. The fourth-order valence-electron chi connectivity index (χ4n) is 2.60. The largest absolute Gasteiger partial charge is 0.548 e. The van der Waals surface area contributed by atoms with Crippen LogP contribution in [0.5, 0.6) is 5.75 Å². The van der Waals surface area contributed by atoms with E-state index in [9.17, 15) is 24.6 Å². The fourth-order valence-corrected chi connectivity index (χ4v) is 2.60. The number of phenolic OH excluding ortho intramolecular Hbond substituents is 1. The first-order valence-electron chi connectivity index (χ1n) is 7.13. The van der Waals surface area contributed by atoms with Crippen LogP contribution in [0.1, 0.15) is 21.5 Å². The molecule has 0 radical (unpaired) electrons. The Morgan fingerprint density at radius 3 is 2.42 bits per heavy atom. The number of carbonyl (C=O) groups is 3. The van der Waals surface area contributed by atoms with E-state index in [4.69, 9.17) is 0 Å². The SMILES string of the molecule is O=C([O-])CN1C(=O)/C(=C\c2cccc(O)c2)c2ccccc2C1=O. The minimum atomic E-state index is -1.52. The summed E-state index contributed by atoms with van der Waals surface area (Å²) in [7, 11) is 0. The predicted molar refractivity (Wildman–Crippen MR) is 83.5 cm³/mol. The van der Waals surface area contributed by atoms with Crippen molar-refractivity contribution in [2.75, 3.05) is 6.54 Å². The van der Waals surface area contributed by atoms with E-state index in [0.717, 1.165) is 0 Å².